The maximum Gasteiger partial charge on any atom is 0.417 e. The molecule has 184 valence electrons. The number of hydrogen-bond acceptors (Lipinski definition) is 7. The van der Waals surface area contributed by atoms with Crippen molar-refractivity contribution in [3.8, 4) is 0 Å². The number of carbonyl (C=O) groups excluding carboxylic acids is 3. The second-order valence-corrected chi connectivity index (χ2v) is 9.15. The van der Waals surface area contributed by atoms with Crippen molar-refractivity contribution in [2.24, 2.45) is 16.1 Å². The van der Waals surface area contributed by atoms with E-state index in [9.17, 15) is 14.4 Å². The minimum absolute atomic E-state index is 0.164. The fourth-order valence-corrected chi connectivity index (χ4v) is 3.62. The number of likely N-dealkylation sites (tertiary alicyclic amines) is 1. The van der Waals surface area contributed by atoms with E-state index < -0.39 is 35.5 Å². The fourth-order valence-electron chi connectivity index (χ4n) is 3.62. The van der Waals surface area contributed by atoms with Gasteiger partial charge in [0.25, 0.3) is 0 Å². The molecule has 0 radical (unpaired) electrons. The van der Waals surface area contributed by atoms with Crippen LogP contribution in [0.1, 0.15) is 46.1 Å². The van der Waals surface area contributed by atoms with Crippen LogP contribution in [0.5, 0.6) is 0 Å². The molecular formula is C27H31N3O5. The maximum atomic E-state index is 13.0. The third kappa shape index (κ3) is 7.34. The van der Waals surface area contributed by atoms with Crippen molar-refractivity contribution in [1.82, 2.24) is 4.90 Å². The van der Waals surface area contributed by atoms with E-state index in [0.29, 0.717) is 6.42 Å². The molecule has 3 rings (SSSR count). The summed E-state index contributed by atoms with van der Waals surface area (Å²) in [5, 5.41) is 8.42. The topological polar surface area (TPSA) is 97.6 Å². The Bertz CT molecular complexity index is 1090. The first-order valence-electron chi connectivity index (χ1n) is 11.6. The molecule has 1 heterocycles. The summed E-state index contributed by atoms with van der Waals surface area (Å²) in [6.07, 6.45) is 3.50. The molecule has 2 aromatic carbocycles. The van der Waals surface area contributed by atoms with E-state index in [-0.39, 0.29) is 13.0 Å². The molecule has 2 aromatic rings. The molecule has 8 nitrogen and oxygen atoms in total. The lowest BCUT2D eigenvalue weighted by atomic mass is 10.0. The predicted molar refractivity (Wildman–Crippen MR) is 132 cm³/mol. The number of allylic oxidation sites excluding steroid dienone is 1. The highest BCUT2D eigenvalue weighted by Gasteiger charge is 2.48. The van der Waals surface area contributed by atoms with Gasteiger partial charge in [0.05, 0.1) is 18.0 Å². The Morgan fingerprint density at radius 3 is 2.26 bits per heavy atom. The van der Waals surface area contributed by atoms with E-state index >= 15 is 0 Å². The number of benzene rings is 2. The second-order valence-electron chi connectivity index (χ2n) is 9.15. The van der Waals surface area contributed by atoms with Crippen LogP contribution in [0, 0.1) is 5.92 Å². The number of nitrogens with zero attached hydrogens (tertiary/aromatic N) is 3. The van der Waals surface area contributed by atoms with Crippen LogP contribution in [-0.2, 0) is 19.1 Å². The molecule has 0 N–H and O–H groups in total. The minimum Gasteiger partial charge on any atom is -0.464 e. The standard InChI is InChI=1S/C27H31N3O5/c1-5-34-25(32)23-18-20(24(31)30(23)26(33)35-27(2,3)4)11-9-10-19-14-16-22(17-15-19)29-28-21-12-7-6-8-13-21/h6-10,12-17,20,23H,5,11,18H2,1-4H3/b10-9+,29-28?/t20?,23-/m0/s1. The molecule has 0 saturated carbocycles. The Kier molecular flexibility index (Phi) is 8.52. The van der Waals surface area contributed by atoms with E-state index in [2.05, 4.69) is 10.2 Å². The average molecular weight is 478 g/mol. The molecule has 1 aliphatic rings. The Labute approximate surface area is 205 Å². The van der Waals surface area contributed by atoms with Gasteiger partial charge in [-0.2, -0.15) is 10.2 Å². The predicted octanol–water partition coefficient (Wildman–Crippen LogP) is 6.22. The maximum absolute atomic E-state index is 13.0. The smallest absolute Gasteiger partial charge is 0.417 e. The van der Waals surface area contributed by atoms with Crippen LogP contribution in [0.4, 0.5) is 16.2 Å². The van der Waals surface area contributed by atoms with Gasteiger partial charge >= 0.3 is 12.1 Å². The van der Waals surface area contributed by atoms with Crippen LogP contribution in [0.2, 0.25) is 0 Å². The summed E-state index contributed by atoms with van der Waals surface area (Å²) in [7, 11) is 0. The van der Waals surface area contributed by atoms with Crippen LogP contribution in [0.25, 0.3) is 6.08 Å². The van der Waals surface area contributed by atoms with E-state index in [1.54, 1.807) is 27.7 Å². The quantitative estimate of drug-likeness (QED) is 0.348. The number of ether oxygens (including phenoxy) is 2. The first-order valence-corrected chi connectivity index (χ1v) is 11.6. The molecule has 1 fully saturated rings. The van der Waals surface area contributed by atoms with Crippen molar-refractivity contribution in [1.29, 1.82) is 0 Å². The van der Waals surface area contributed by atoms with Crippen LogP contribution in [-0.4, -0.2) is 41.1 Å². The third-order valence-electron chi connectivity index (χ3n) is 5.22. The summed E-state index contributed by atoms with van der Waals surface area (Å²) >= 11 is 0. The zero-order chi connectivity index (χ0) is 25.4. The number of azo groups is 1. The number of esters is 1. The summed E-state index contributed by atoms with van der Waals surface area (Å²) in [5.74, 6) is -1.55. The van der Waals surface area contributed by atoms with Crippen molar-refractivity contribution in [3.05, 3.63) is 66.2 Å². The number of hydrogen-bond donors (Lipinski definition) is 0. The normalized spacial score (nSPS) is 18.4. The SMILES string of the molecule is CCOC(=O)[C@@H]1CC(C/C=C/c2ccc(N=Nc3ccccc3)cc2)C(=O)N1C(=O)OC(C)(C)C. The molecular weight excluding hydrogens is 446 g/mol. The van der Waals surface area contributed by atoms with Crippen molar-refractivity contribution in [3.63, 3.8) is 0 Å². The zero-order valence-electron chi connectivity index (χ0n) is 20.5. The Morgan fingerprint density at radius 1 is 1.03 bits per heavy atom. The number of rotatable bonds is 7. The minimum atomic E-state index is -0.982. The van der Waals surface area contributed by atoms with Gasteiger partial charge in [-0.3, -0.25) is 4.79 Å². The third-order valence-corrected chi connectivity index (χ3v) is 5.22. The highest BCUT2D eigenvalue weighted by molar-refractivity contribution is 6.00. The summed E-state index contributed by atoms with van der Waals surface area (Å²) in [4.78, 5) is 39.0. The van der Waals surface area contributed by atoms with E-state index in [4.69, 9.17) is 9.47 Å². The van der Waals surface area contributed by atoms with E-state index in [1.165, 1.54) is 0 Å². The Balaban J connectivity index is 1.64. The van der Waals surface area contributed by atoms with Crippen molar-refractivity contribution in [2.45, 2.75) is 52.2 Å². The summed E-state index contributed by atoms with van der Waals surface area (Å²) < 4.78 is 10.4. The lowest BCUT2D eigenvalue weighted by Gasteiger charge is -2.26. The lowest BCUT2D eigenvalue weighted by Crippen LogP contribution is -2.46. The molecule has 0 aliphatic carbocycles. The monoisotopic (exact) mass is 477 g/mol. The van der Waals surface area contributed by atoms with Crippen molar-refractivity contribution in [2.75, 3.05) is 6.61 Å². The van der Waals surface area contributed by atoms with Crippen LogP contribution < -0.4 is 0 Å². The first-order chi connectivity index (χ1) is 16.7. The van der Waals surface area contributed by atoms with Gasteiger partial charge < -0.3 is 9.47 Å². The highest BCUT2D eigenvalue weighted by atomic mass is 16.6. The molecule has 1 saturated heterocycles. The fraction of sp³-hybridized carbons (Fsp3) is 0.370. The first kappa shape index (κ1) is 25.8. The van der Waals surface area contributed by atoms with Gasteiger partial charge in [-0.15, -0.1) is 0 Å². The van der Waals surface area contributed by atoms with Gasteiger partial charge in [0.15, 0.2) is 0 Å². The van der Waals surface area contributed by atoms with Gasteiger partial charge in [0, 0.05) is 5.92 Å². The molecule has 0 spiro atoms. The van der Waals surface area contributed by atoms with Gasteiger partial charge in [0.2, 0.25) is 5.91 Å². The van der Waals surface area contributed by atoms with Gasteiger partial charge in [0.1, 0.15) is 11.6 Å². The van der Waals surface area contributed by atoms with Crippen LogP contribution >= 0.6 is 0 Å². The molecule has 2 amide bonds. The van der Waals surface area contributed by atoms with E-state index in [1.807, 2.05) is 66.7 Å². The molecule has 35 heavy (non-hydrogen) atoms. The molecule has 0 bridgehead atoms. The van der Waals surface area contributed by atoms with Crippen LogP contribution in [0.3, 0.4) is 0 Å². The van der Waals surface area contributed by atoms with Gasteiger partial charge in [-0.1, -0.05) is 42.5 Å². The van der Waals surface area contributed by atoms with Crippen molar-refractivity contribution >= 4 is 35.4 Å². The lowest BCUT2D eigenvalue weighted by molar-refractivity contribution is -0.151. The molecule has 2 atom stereocenters. The van der Waals surface area contributed by atoms with E-state index in [0.717, 1.165) is 21.8 Å². The summed E-state index contributed by atoms with van der Waals surface area (Å²) in [5.41, 5.74) is 1.64. The summed E-state index contributed by atoms with van der Waals surface area (Å²) in [6, 6.07) is 16.0. The molecule has 1 aliphatic heterocycles. The molecule has 1 unspecified atom stereocenters. The second kappa shape index (κ2) is 11.6. The average Bonchev–Trinajstić information content (AvgIpc) is 3.15. The largest absolute Gasteiger partial charge is 0.464 e. The van der Waals surface area contributed by atoms with Crippen LogP contribution in [0.15, 0.2) is 70.9 Å². The highest BCUT2D eigenvalue weighted by Crippen LogP contribution is 2.30. The Hall–Kier alpha value is -3.81. The number of carbonyl (C=O) groups is 3. The summed E-state index contributed by atoms with van der Waals surface area (Å²) in [6.45, 7) is 6.97. The molecule has 8 heteroatoms. The van der Waals surface area contributed by atoms with Gasteiger partial charge in [-0.05, 0) is 70.4 Å². The Morgan fingerprint density at radius 2 is 1.66 bits per heavy atom. The number of amides is 2. The molecule has 0 aromatic heterocycles. The van der Waals surface area contributed by atoms with Crippen molar-refractivity contribution < 1.29 is 23.9 Å². The number of imide groups is 1. The zero-order valence-corrected chi connectivity index (χ0v) is 20.5. The van der Waals surface area contributed by atoms with Gasteiger partial charge in [-0.25, -0.2) is 14.5 Å².